The third-order valence-electron chi connectivity index (χ3n) is 2.57. The highest BCUT2D eigenvalue weighted by Gasteiger charge is 2.12. The van der Waals surface area contributed by atoms with Gasteiger partial charge in [-0.1, -0.05) is 15.9 Å². The average molecular weight is 338 g/mol. The zero-order valence-electron chi connectivity index (χ0n) is 10.4. The summed E-state index contributed by atoms with van der Waals surface area (Å²) in [6, 6.07) is 10.3. The molecule has 0 unspecified atom stereocenters. The molecule has 0 atom stereocenters. The molecule has 0 aliphatic carbocycles. The van der Waals surface area contributed by atoms with Gasteiger partial charge in [-0.15, -0.1) is 0 Å². The third-order valence-corrected chi connectivity index (χ3v) is 3.10. The van der Waals surface area contributed by atoms with E-state index in [1.54, 1.807) is 18.2 Å². The summed E-state index contributed by atoms with van der Waals surface area (Å²) in [6.45, 7) is 0. The molecule has 20 heavy (non-hydrogen) atoms. The van der Waals surface area contributed by atoms with Crippen LogP contribution in [0.15, 0.2) is 45.3 Å². The molecule has 0 saturated carbocycles. The first-order chi connectivity index (χ1) is 9.54. The number of aliphatic carboxylic acids is 1. The molecule has 0 bridgehead atoms. The van der Waals surface area contributed by atoms with Crippen LogP contribution in [0.3, 0.4) is 0 Å². The molecule has 0 aliphatic heterocycles. The van der Waals surface area contributed by atoms with E-state index in [4.69, 9.17) is 9.52 Å². The van der Waals surface area contributed by atoms with E-state index >= 15 is 0 Å². The van der Waals surface area contributed by atoms with Crippen molar-refractivity contribution >= 4 is 33.5 Å². The lowest BCUT2D eigenvalue weighted by Gasteiger charge is -2.02. The summed E-state index contributed by atoms with van der Waals surface area (Å²) < 4.78 is 6.23. The van der Waals surface area contributed by atoms with Crippen molar-refractivity contribution in [1.29, 1.82) is 0 Å². The molecule has 0 aliphatic rings. The summed E-state index contributed by atoms with van der Waals surface area (Å²) in [6.07, 6.45) is 0.238. The van der Waals surface area contributed by atoms with Crippen LogP contribution in [-0.4, -0.2) is 17.0 Å². The minimum Gasteiger partial charge on any atom is -0.481 e. The molecule has 1 heterocycles. The second-order valence-electron chi connectivity index (χ2n) is 4.12. The monoisotopic (exact) mass is 337 g/mol. The zero-order chi connectivity index (χ0) is 14.5. The Bertz CT molecular complexity index is 618. The molecule has 0 saturated heterocycles. The predicted octanol–water partition coefficient (Wildman–Crippen LogP) is 3.31. The van der Waals surface area contributed by atoms with E-state index in [-0.39, 0.29) is 24.5 Å². The van der Waals surface area contributed by atoms with E-state index in [0.717, 1.165) is 4.47 Å². The minimum absolute atomic E-state index is 0.0265. The van der Waals surface area contributed by atoms with Gasteiger partial charge in [-0.3, -0.25) is 9.59 Å². The second kappa shape index (κ2) is 6.38. The number of carbonyl (C=O) groups is 2. The Hall–Kier alpha value is -2.08. The number of amides is 1. The Morgan fingerprint density at radius 2 is 1.85 bits per heavy atom. The number of anilines is 1. The van der Waals surface area contributed by atoms with E-state index < -0.39 is 5.97 Å². The normalized spacial score (nSPS) is 10.2. The number of furan rings is 1. The number of carbonyl (C=O) groups excluding carboxylic acids is 1. The van der Waals surface area contributed by atoms with Crippen LogP contribution in [0.25, 0.3) is 0 Å². The van der Waals surface area contributed by atoms with Gasteiger partial charge in [-0.05, 0) is 36.4 Å². The molecule has 104 valence electrons. The number of halogens is 1. The van der Waals surface area contributed by atoms with E-state index in [9.17, 15) is 9.59 Å². The molecule has 2 N–H and O–H groups in total. The van der Waals surface area contributed by atoms with E-state index in [1.165, 1.54) is 6.07 Å². The Kier molecular flexibility index (Phi) is 4.57. The molecular weight excluding hydrogens is 326 g/mol. The topological polar surface area (TPSA) is 79.5 Å². The van der Waals surface area contributed by atoms with Crippen molar-refractivity contribution in [2.45, 2.75) is 12.8 Å². The van der Waals surface area contributed by atoms with Crippen LogP contribution >= 0.6 is 15.9 Å². The van der Waals surface area contributed by atoms with Gasteiger partial charge in [0.15, 0.2) is 5.76 Å². The van der Waals surface area contributed by atoms with Crippen LogP contribution in [0.4, 0.5) is 5.69 Å². The predicted molar refractivity (Wildman–Crippen MR) is 76.8 cm³/mol. The maximum absolute atomic E-state index is 11.9. The standard InChI is InChI=1S/C14H12BrNO4/c15-9-1-3-10(4-2-9)16-14(19)12-7-5-11(20-12)6-8-13(17)18/h1-5,7H,6,8H2,(H,16,19)(H,17,18). The van der Waals surface area contributed by atoms with Crippen molar-refractivity contribution in [1.82, 2.24) is 0 Å². The molecule has 0 radical (unpaired) electrons. The number of carboxylic acid groups (broad SMARTS) is 1. The van der Waals surface area contributed by atoms with Crippen molar-refractivity contribution in [3.05, 3.63) is 52.4 Å². The Labute approximate surface area is 123 Å². The van der Waals surface area contributed by atoms with Crippen molar-refractivity contribution in [3.8, 4) is 0 Å². The third kappa shape index (κ3) is 3.96. The lowest BCUT2D eigenvalue weighted by molar-refractivity contribution is -0.137. The van der Waals surface area contributed by atoms with Crippen LogP contribution < -0.4 is 5.32 Å². The summed E-state index contributed by atoms with van der Waals surface area (Å²) in [5.41, 5.74) is 0.654. The molecule has 1 amide bonds. The molecule has 5 nitrogen and oxygen atoms in total. The van der Waals surface area contributed by atoms with Crippen molar-refractivity contribution in [3.63, 3.8) is 0 Å². The number of hydrogen-bond donors (Lipinski definition) is 2. The second-order valence-corrected chi connectivity index (χ2v) is 5.04. The lowest BCUT2D eigenvalue weighted by Crippen LogP contribution is -2.10. The maximum atomic E-state index is 11.9. The summed E-state index contributed by atoms with van der Waals surface area (Å²) in [4.78, 5) is 22.4. The number of hydrogen-bond acceptors (Lipinski definition) is 3. The first-order valence-corrected chi connectivity index (χ1v) is 6.71. The number of benzene rings is 1. The number of nitrogens with one attached hydrogen (secondary N) is 1. The molecule has 0 spiro atoms. The van der Waals surface area contributed by atoms with Crippen LogP contribution in [0.2, 0.25) is 0 Å². The van der Waals surface area contributed by atoms with E-state index in [2.05, 4.69) is 21.2 Å². The quantitative estimate of drug-likeness (QED) is 0.877. The van der Waals surface area contributed by atoms with Crippen molar-refractivity contribution in [2.75, 3.05) is 5.32 Å². The first-order valence-electron chi connectivity index (χ1n) is 5.92. The molecule has 6 heteroatoms. The highest BCUT2D eigenvalue weighted by molar-refractivity contribution is 9.10. The van der Waals surface area contributed by atoms with Crippen LogP contribution in [0.5, 0.6) is 0 Å². The van der Waals surface area contributed by atoms with Gasteiger partial charge in [0.1, 0.15) is 5.76 Å². The van der Waals surface area contributed by atoms with Gasteiger partial charge in [0, 0.05) is 16.6 Å². The minimum atomic E-state index is -0.901. The molecule has 0 fully saturated rings. The Morgan fingerprint density at radius 1 is 1.15 bits per heavy atom. The molecule has 2 rings (SSSR count). The van der Waals surface area contributed by atoms with Crippen LogP contribution in [0, 0.1) is 0 Å². The highest BCUT2D eigenvalue weighted by Crippen LogP contribution is 2.16. The Morgan fingerprint density at radius 3 is 2.50 bits per heavy atom. The fourth-order valence-corrected chi connectivity index (χ4v) is 1.85. The van der Waals surface area contributed by atoms with E-state index in [1.807, 2.05) is 12.1 Å². The Balaban J connectivity index is 1.98. The fourth-order valence-electron chi connectivity index (χ4n) is 1.59. The van der Waals surface area contributed by atoms with Gasteiger partial charge in [0.25, 0.3) is 5.91 Å². The summed E-state index contributed by atoms with van der Waals surface area (Å²) in [5.74, 6) is -0.627. The van der Waals surface area contributed by atoms with Gasteiger partial charge in [0.05, 0.1) is 6.42 Å². The molecule has 1 aromatic heterocycles. The van der Waals surface area contributed by atoms with Gasteiger partial charge >= 0.3 is 5.97 Å². The highest BCUT2D eigenvalue weighted by atomic mass is 79.9. The number of aryl methyl sites for hydroxylation is 1. The maximum Gasteiger partial charge on any atom is 0.303 e. The molecule has 2 aromatic rings. The SMILES string of the molecule is O=C(O)CCc1ccc(C(=O)Nc2ccc(Br)cc2)o1. The average Bonchev–Trinajstić information content (AvgIpc) is 2.88. The fraction of sp³-hybridized carbons (Fsp3) is 0.143. The summed E-state index contributed by atoms with van der Waals surface area (Å²) >= 11 is 3.31. The smallest absolute Gasteiger partial charge is 0.303 e. The van der Waals surface area contributed by atoms with Crippen LogP contribution in [0.1, 0.15) is 22.7 Å². The molecule has 1 aromatic carbocycles. The largest absolute Gasteiger partial charge is 0.481 e. The molecular formula is C14H12BrNO4. The van der Waals surface area contributed by atoms with Gasteiger partial charge in [-0.2, -0.15) is 0 Å². The van der Waals surface area contributed by atoms with Crippen LogP contribution in [-0.2, 0) is 11.2 Å². The van der Waals surface area contributed by atoms with Crippen molar-refractivity contribution < 1.29 is 19.1 Å². The van der Waals surface area contributed by atoms with Gasteiger partial charge < -0.3 is 14.8 Å². The van der Waals surface area contributed by atoms with E-state index in [0.29, 0.717) is 11.4 Å². The van der Waals surface area contributed by atoms with Gasteiger partial charge in [-0.25, -0.2) is 0 Å². The number of rotatable bonds is 5. The zero-order valence-corrected chi connectivity index (χ0v) is 12.0. The van der Waals surface area contributed by atoms with Crippen molar-refractivity contribution in [2.24, 2.45) is 0 Å². The van der Waals surface area contributed by atoms with Gasteiger partial charge in [0.2, 0.25) is 0 Å². The first kappa shape index (κ1) is 14.3. The summed E-state index contributed by atoms with van der Waals surface area (Å²) in [7, 11) is 0. The summed E-state index contributed by atoms with van der Waals surface area (Å²) in [5, 5.41) is 11.3. The lowest BCUT2D eigenvalue weighted by atomic mass is 10.2. The number of carboxylic acids is 1.